The fraction of sp³-hybridized carbons (Fsp3) is 0.400. The van der Waals surface area contributed by atoms with Crippen LogP contribution >= 0.6 is 15.9 Å². The van der Waals surface area contributed by atoms with Crippen molar-refractivity contribution in [3.8, 4) is 5.69 Å². The van der Waals surface area contributed by atoms with Gasteiger partial charge in [0.15, 0.2) is 5.69 Å². The van der Waals surface area contributed by atoms with Crippen molar-refractivity contribution in [2.45, 2.75) is 19.9 Å². The van der Waals surface area contributed by atoms with Crippen LogP contribution in [0, 0.1) is 6.92 Å². The van der Waals surface area contributed by atoms with Gasteiger partial charge in [-0.15, -0.1) is 5.10 Å². The minimum atomic E-state index is -0.0490. The summed E-state index contributed by atoms with van der Waals surface area (Å²) >= 11 is 3.45. The van der Waals surface area contributed by atoms with Gasteiger partial charge in [0.05, 0.1) is 11.4 Å². The Morgan fingerprint density at radius 2 is 2.27 bits per heavy atom. The van der Waals surface area contributed by atoms with Crippen molar-refractivity contribution in [1.29, 1.82) is 0 Å². The number of piperazine rings is 1. The second kappa shape index (κ2) is 6.18. The maximum atomic E-state index is 12.7. The van der Waals surface area contributed by atoms with E-state index in [1.165, 1.54) is 0 Å². The number of hydrogen-bond donors (Lipinski definition) is 1. The van der Waals surface area contributed by atoms with Gasteiger partial charge in [-0.25, -0.2) is 4.68 Å². The Hall–Kier alpha value is -1.73. The fourth-order valence-corrected chi connectivity index (χ4v) is 3.03. The van der Waals surface area contributed by atoms with Gasteiger partial charge in [-0.2, -0.15) is 0 Å². The standard InChI is InChI=1S/C15H18BrN5O/c1-10-9-20(7-6-17-10)15(22)14-11(2)21(19-18-14)13-5-3-4-12(16)8-13/h3-5,8,10,17H,6-7,9H2,1-2H3. The Bertz CT molecular complexity index is 699. The Balaban J connectivity index is 1.88. The molecule has 1 aliphatic heterocycles. The quantitative estimate of drug-likeness (QED) is 0.882. The van der Waals surface area contributed by atoms with Gasteiger partial charge in [0.25, 0.3) is 5.91 Å². The molecule has 1 aliphatic rings. The van der Waals surface area contributed by atoms with Crippen molar-refractivity contribution >= 4 is 21.8 Å². The van der Waals surface area contributed by atoms with E-state index < -0.39 is 0 Å². The number of rotatable bonds is 2. The smallest absolute Gasteiger partial charge is 0.276 e. The van der Waals surface area contributed by atoms with Crippen molar-refractivity contribution in [1.82, 2.24) is 25.2 Å². The molecular weight excluding hydrogens is 346 g/mol. The van der Waals surface area contributed by atoms with Gasteiger partial charge in [-0.1, -0.05) is 27.2 Å². The summed E-state index contributed by atoms with van der Waals surface area (Å²) in [5.74, 6) is -0.0490. The molecule has 0 radical (unpaired) electrons. The summed E-state index contributed by atoms with van der Waals surface area (Å²) in [7, 11) is 0. The zero-order chi connectivity index (χ0) is 15.7. The van der Waals surface area contributed by atoms with Crippen LogP contribution in [0.25, 0.3) is 5.69 Å². The summed E-state index contributed by atoms with van der Waals surface area (Å²) in [5, 5.41) is 11.6. The summed E-state index contributed by atoms with van der Waals surface area (Å²) in [6.07, 6.45) is 0. The Morgan fingerprint density at radius 1 is 1.45 bits per heavy atom. The average molecular weight is 364 g/mol. The third kappa shape index (κ3) is 2.91. The van der Waals surface area contributed by atoms with E-state index in [9.17, 15) is 4.79 Å². The van der Waals surface area contributed by atoms with Gasteiger partial charge in [0.2, 0.25) is 0 Å². The number of aromatic nitrogens is 3. The predicted molar refractivity (Wildman–Crippen MR) is 87.2 cm³/mol. The highest BCUT2D eigenvalue weighted by molar-refractivity contribution is 9.10. The van der Waals surface area contributed by atoms with Crippen LogP contribution in [0.1, 0.15) is 23.1 Å². The van der Waals surface area contributed by atoms with E-state index in [1.54, 1.807) is 4.68 Å². The second-order valence-corrected chi connectivity index (χ2v) is 6.44. The topological polar surface area (TPSA) is 63.1 Å². The molecule has 2 aromatic rings. The molecule has 1 atom stereocenters. The average Bonchev–Trinajstić information content (AvgIpc) is 2.88. The first-order valence-corrected chi connectivity index (χ1v) is 8.06. The number of carbonyl (C=O) groups excluding carboxylic acids is 1. The van der Waals surface area contributed by atoms with Crippen molar-refractivity contribution in [2.24, 2.45) is 0 Å². The van der Waals surface area contributed by atoms with Crippen molar-refractivity contribution < 1.29 is 4.79 Å². The Labute approximate surface area is 137 Å². The van der Waals surface area contributed by atoms with Crippen LogP contribution in [0.2, 0.25) is 0 Å². The molecule has 1 aromatic carbocycles. The van der Waals surface area contributed by atoms with Crippen molar-refractivity contribution in [3.63, 3.8) is 0 Å². The highest BCUT2D eigenvalue weighted by Crippen LogP contribution is 2.18. The van der Waals surface area contributed by atoms with Crippen LogP contribution < -0.4 is 5.32 Å². The third-order valence-corrected chi connectivity index (χ3v) is 4.30. The molecule has 0 saturated carbocycles. The lowest BCUT2D eigenvalue weighted by Crippen LogP contribution is -2.51. The predicted octanol–water partition coefficient (Wildman–Crippen LogP) is 1.77. The number of amides is 1. The van der Waals surface area contributed by atoms with E-state index >= 15 is 0 Å². The summed E-state index contributed by atoms with van der Waals surface area (Å²) in [4.78, 5) is 14.5. The van der Waals surface area contributed by atoms with E-state index in [2.05, 4.69) is 38.5 Å². The zero-order valence-corrected chi connectivity index (χ0v) is 14.2. The zero-order valence-electron chi connectivity index (χ0n) is 12.6. The van der Waals surface area contributed by atoms with Crippen LogP contribution in [0.4, 0.5) is 0 Å². The van der Waals surface area contributed by atoms with E-state index in [1.807, 2.05) is 36.1 Å². The molecule has 1 fully saturated rings. The summed E-state index contributed by atoms with van der Waals surface area (Å²) in [6, 6.07) is 8.07. The number of benzene rings is 1. The minimum Gasteiger partial charge on any atom is -0.334 e. The van der Waals surface area contributed by atoms with Gasteiger partial charge >= 0.3 is 0 Å². The number of hydrogen-bond acceptors (Lipinski definition) is 4. The number of nitrogens with zero attached hydrogens (tertiary/aromatic N) is 4. The number of nitrogens with one attached hydrogen (secondary N) is 1. The summed E-state index contributed by atoms with van der Waals surface area (Å²) in [6.45, 7) is 6.16. The minimum absolute atomic E-state index is 0.0490. The van der Waals surface area contributed by atoms with Gasteiger partial charge in [0.1, 0.15) is 0 Å². The third-order valence-electron chi connectivity index (χ3n) is 3.81. The van der Waals surface area contributed by atoms with E-state index in [0.29, 0.717) is 24.8 Å². The maximum absolute atomic E-state index is 12.7. The molecule has 1 unspecified atom stereocenters. The van der Waals surface area contributed by atoms with E-state index in [-0.39, 0.29) is 5.91 Å². The monoisotopic (exact) mass is 363 g/mol. The highest BCUT2D eigenvalue weighted by atomic mass is 79.9. The molecular formula is C15H18BrN5O. The van der Waals surface area contributed by atoms with Crippen LogP contribution in [0.5, 0.6) is 0 Å². The first-order chi connectivity index (χ1) is 10.6. The number of carbonyl (C=O) groups is 1. The molecule has 22 heavy (non-hydrogen) atoms. The molecule has 1 saturated heterocycles. The normalized spacial score (nSPS) is 18.5. The molecule has 2 heterocycles. The maximum Gasteiger partial charge on any atom is 0.276 e. The van der Waals surface area contributed by atoms with Gasteiger partial charge in [-0.3, -0.25) is 4.79 Å². The second-order valence-electron chi connectivity index (χ2n) is 5.52. The largest absolute Gasteiger partial charge is 0.334 e. The lowest BCUT2D eigenvalue weighted by Gasteiger charge is -2.31. The van der Waals surface area contributed by atoms with Gasteiger partial charge < -0.3 is 10.2 Å². The van der Waals surface area contributed by atoms with Crippen molar-refractivity contribution in [3.05, 3.63) is 40.1 Å². The highest BCUT2D eigenvalue weighted by Gasteiger charge is 2.26. The van der Waals surface area contributed by atoms with Crippen LogP contribution in [0.15, 0.2) is 28.7 Å². The fourth-order valence-electron chi connectivity index (χ4n) is 2.65. The lowest BCUT2D eigenvalue weighted by molar-refractivity contribution is 0.0702. The van der Waals surface area contributed by atoms with Crippen LogP contribution in [-0.4, -0.2) is 51.5 Å². The molecule has 0 spiro atoms. The molecule has 7 heteroatoms. The molecule has 116 valence electrons. The van der Waals surface area contributed by atoms with Crippen LogP contribution in [-0.2, 0) is 0 Å². The Morgan fingerprint density at radius 3 is 3.00 bits per heavy atom. The SMILES string of the molecule is Cc1c(C(=O)N2CCNC(C)C2)nnn1-c1cccc(Br)c1. The van der Waals surface area contributed by atoms with E-state index in [0.717, 1.165) is 22.4 Å². The summed E-state index contributed by atoms with van der Waals surface area (Å²) in [5.41, 5.74) is 2.07. The first kappa shape index (κ1) is 15.2. The van der Waals surface area contributed by atoms with Crippen LogP contribution in [0.3, 0.4) is 0 Å². The molecule has 1 aromatic heterocycles. The summed E-state index contributed by atoms with van der Waals surface area (Å²) < 4.78 is 2.66. The number of halogens is 1. The van der Waals surface area contributed by atoms with Gasteiger partial charge in [0, 0.05) is 30.1 Å². The molecule has 0 bridgehead atoms. The molecule has 1 N–H and O–H groups in total. The molecule has 0 aliphatic carbocycles. The molecule has 3 rings (SSSR count). The Kier molecular flexibility index (Phi) is 4.26. The molecule has 1 amide bonds. The van der Waals surface area contributed by atoms with Gasteiger partial charge in [-0.05, 0) is 32.0 Å². The lowest BCUT2D eigenvalue weighted by atomic mass is 10.2. The van der Waals surface area contributed by atoms with E-state index in [4.69, 9.17) is 0 Å². The first-order valence-electron chi connectivity index (χ1n) is 7.27. The molecule has 6 nitrogen and oxygen atoms in total. The van der Waals surface area contributed by atoms with Crippen molar-refractivity contribution in [2.75, 3.05) is 19.6 Å².